The second-order valence-corrected chi connectivity index (χ2v) is 13.3. The molecule has 0 radical (unpaired) electrons. The summed E-state index contributed by atoms with van der Waals surface area (Å²) >= 11 is 1.31. The first kappa shape index (κ1) is 28.0. The summed E-state index contributed by atoms with van der Waals surface area (Å²) < 4.78 is 21.0. The molecule has 3 aromatic heterocycles. The molecule has 0 unspecified atom stereocenters. The van der Waals surface area contributed by atoms with Gasteiger partial charge in [-0.3, -0.25) is 0 Å². The number of aryl methyl sites for hydroxylation is 2. The van der Waals surface area contributed by atoms with Gasteiger partial charge in [0.2, 0.25) is 0 Å². The molecule has 218 valence electrons. The smallest absolute Gasteiger partial charge is 0.410 e. The summed E-state index contributed by atoms with van der Waals surface area (Å²) in [6, 6.07) is 10.5. The fourth-order valence-electron chi connectivity index (χ4n) is 5.94. The molecule has 42 heavy (non-hydrogen) atoms. The van der Waals surface area contributed by atoms with Crippen LogP contribution in [-0.2, 0) is 11.2 Å². The third-order valence-electron chi connectivity index (χ3n) is 7.87. The van der Waals surface area contributed by atoms with E-state index in [1.807, 2.05) is 37.2 Å². The van der Waals surface area contributed by atoms with E-state index in [4.69, 9.17) is 14.8 Å². The molecule has 5 heterocycles. The standard InChI is InChI=1S/C31H34FN7O2S/c1-7-22-27(36(6)28-34-26(25(13-33)42-28)20-8-10-21(32)11-9-20)24-12-23(19(2)14-39(24)35-22)37-15-31(16-37)17-38(18-31)29(40)41-30(3,4)5/h8-12,14H,7,15-18H2,1-6H3. The second kappa shape index (κ2) is 9.98. The average Bonchev–Trinajstić information content (AvgIpc) is 3.47. The predicted octanol–water partition coefficient (Wildman–Crippen LogP) is 6.16. The molecule has 4 aromatic rings. The van der Waals surface area contributed by atoms with Crippen molar-refractivity contribution in [1.82, 2.24) is 19.5 Å². The summed E-state index contributed by atoms with van der Waals surface area (Å²) in [5.41, 5.74) is 5.95. The Labute approximate surface area is 248 Å². The average molecular weight is 588 g/mol. The number of rotatable bonds is 5. The first-order valence-corrected chi connectivity index (χ1v) is 14.9. The van der Waals surface area contributed by atoms with Crippen LogP contribution in [0.2, 0.25) is 0 Å². The lowest BCUT2D eigenvalue weighted by Crippen LogP contribution is -2.73. The van der Waals surface area contributed by atoms with Gasteiger partial charge in [0.25, 0.3) is 0 Å². The van der Waals surface area contributed by atoms with Crippen molar-refractivity contribution in [2.45, 2.75) is 46.6 Å². The summed E-state index contributed by atoms with van der Waals surface area (Å²) in [5, 5.41) is 15.4. The van der Waals surface area contributed by atoms with Crippen molar-refractivity contribution in [3.63, 3.8) is 0 Å². The highest BCUT2D eigenvalue weighted by molar-refractivity contribution is 7.16. The Kier molecular flexibility index (Phi) is 6.65. The van der Waals surface area contributed by atoms with Gasteiger partial charge in [-0.2, -0.15) is 10.4 Å². The van der Waals surface area contributed by atoms with E-state index < -0.39 is 5.60 Å². The zero-order chi connectivity index (χ0) is 30.0. The minimum Gasteiger partial charge on any atom is -0.444 e. The number of pyridine rings is 1. The van der Waals surface area contributed by atoms with Crippen LogP contribution in [0.25, 0.3) is 16.8 Å². The van der Waals surface area contributed by atoms with Crippen LogP contribution in [0, 0.1) is 29.5 Å². The van der Waals surface area contributed by atoms with Crippen molar-refractivity contribution >= 4 is 39.5 Å². The number of amides is 1. The Morgan fingerprint density at radius 3 is 2.52 bits per heavy atom. The van der Waals surface area contributed by atoms with Gasteiger partial charge in [0.1, 0.15) is 28.1 Å². The minimum atomic E-state index is -0.497. The number of anilines is 3. The molecule has 2 aliphatic heterocycles. The van der Waals surface area contributed by atoms with Crippen molar-refractivity contribution in [1.29, 1.82) is 5.26 Å². The van der Waals surface area contributed by atoms with Crippen molar-refractivity contribution < 1.29 is 13.9 Å². The van der Waals surface area contributed by atoms with Gasteiger partial charge < -0.3 is 19.4 Å². The molecule has 1 aromatic carbocycles. The number of hydrogen-bond donors (Lipinski definition) is 0. The number of aromatic nitrogens is 3. The minimum absolute atomic E-state index is 0.106. The third kappa shape index (κ3) is 4.83. The Balaban J connectivity index is 1.27. The van der Waals surface area contributed by atoms with Gasteiger partial charge in [0.05, 0.1) is 16.9 Å². The van der Waals surface area contributed by atoms with E-state index in [0.29, 0.717) is 34.4 Å². The number of hydrogen-bond acceptors (Lipinski definition) is 8. The van der Waals surface area contributed by atoms with Crippen LogP contribution in [0.1, 0.15) is 43.8 Å². The van der Waals surface area contributed by atoms with E-state index in [1.165, 1.54) is 23.5 Å². The molecular formula is C31H34FN7O2S. The van der Waals surface area contributed by atoms with Crippen LogP contribution in [0.15, 0.2) is 36.5 Å². The maximum Gasteiger partial charge on any atom is 0.410 e. The zero-order valence-electron chi connectivity index (χ0n) is 24.7. The van der Waals surface area contributed by atoms with Crippen molar-refractivity contribution in [2.75, 3.05) is 43.0 Å². The zero-order valence-corrected chi connectivity index (χ0v) is 25.5. The topological polar surface area (TPSA) is 90.0 Å². The summed E-state index contributed by atoms with van der Waals surface area (Å²) in [6.45, 7) is 13.0. The molecule has 0 aliphatic carbocycles. The first-order valence-electron chi connectivity index (χ1n) is 14.1. The number of ether oxygens (including phenoxy) is 1. The van der Waals surface area contributed by atoms with E-state index >= 15 is 0 Å². The van der Waals surface area contributed by atoms with Gasteiger partial charge >= 0.3 is 6.09 Å². The van der Waals surface area contributed by atoms with Crippen LogP contribution in [0.3, 0.4) is 0 Å². The number of thiazole rings is 1. The molecule has 6 rings (SSSR count). The molecule has 0 N–H and O–H groups in total. The highest BCUT2D eigenvalue weighted by Gasteiger charge is 2.54. The summed E-state index contributed by atoms with van der Waals surface area (Å²) in [5.74, 6) is -0.333. The Hall–Kier alpha value is -4.17. The largest absolute Gasteiger partial charge is 0.444 e. The van der Waals surface area contributed by atoms with Gasteiger partial charge in [-0.1, -0.05) is 18.3 Å². The van der Waals surface area contributed by atoms with Crippen molar-refractivity contribution in [2.24, 2.45) is 5.41 Å². The number of carbonyl (C=O) groups excluding carboxylic acids is 1. The van der Waals surface area contributed by atoms with Gasteiger partial charge in [0, 0.05) is 56.1 Å². The highest BCUT2D eigenvalue weighted by atomic mass is 32.1. The van der Waals surface area contributed by atoms with Crippen LogP contribution >= 0.6 is 11.3 Å². The van der Waals surface area contributed by atoms with Gasteiger partial charge in [-0.15, -0.1) is 0 Å². The number of halogens is 1. The van der Waals surface area contributed by atoms with E-state index in [0.717, 1.165) is 47.7 Å². The Morgan fingerprint density at radius 1 is 1.21 bits per heavy atom. The Bertz CT molecular complexity index is 1720. The maximum atomic E-state index is 13.5. The molecule has 2 saturated heterocycles. The molecule has 2 aliphatic rings. The third-order valence-corrected chi connectivity index (χ3v) is 8.91. The van der Waals surface area contributed by atoms with Crippen molar-refractivity contribution in [3.8, 4) is 17.3 Å². The number of fused-ring (bicyclic) bond motifs is 1. The normalized spacial score (nSPS) is 15.9. The molecule has 0 saturated carbocycles. The molecule has 2 fully saturated rings. The fourth-order valence-corrected chi connectivity index (χ4v) is 6.79. The van der Waals surface area contributed by atoms with Crippen molar-refractivity contribution in [3.05, 3.63) is 58.5 Å². The molecule has 0 atom stereocenters. The molecular weight excluding hydrogens is 553 g/mol. The number of nitriles is 1. The van der Waals surface area contributed by atoms with Crippen LogP contribution < -0.4 is 9.80 Å². The van der Waals surface area contributed by atoms with Gasteiger partial charge in [0.15, 0.2) is 5.13 Å². The SMILES string of the molecule is CCc1nn2cc(C)c(N3CC4(CN(C(=O)OC(C)(C)C)C4)C3)cc2c1N(C)c1nc(-c2ccc(F)cc2)c(C#N)s1. The molecule has 1 spiro atoms. The molecule has 1 amide bonds. The quantitative estimate of drug-likeness (QED) is 0.276. The molecule has 11 heteroatoms. The fraction of sp³-hybridized carbons (Fsp3) is 0.419. The number of likely N-dealkylation sites (tertiary alicyclic amines) is 1. The summed E-state index contributed by atoms with van der Waals surface area (Å²) in [7, 11) is 1.95. The van der Waals surface area contributed by atoms with Gasteiger partial charge in [-0.05, 0) is 70.0 Å². The lowest BCUT2D eigenvalue weighted by Gasteiger charge is -2.60. The van der Waals surface area contributed by atoms with Gasteiger partial charge in [-0.25, -0.2) is 18.7 Å². The summed E-state index contributed by atoms with van der Waals surface area (Å²) in [6.07, 6.45) is 2.55. The first-order chi connectivity index (χ1) is 19.9. The maximum absolute atomic E-state index is 13.5. The van der Waals surface area contributed by atoms with Crippen LogP contribution in [0.4, 0.5) is 25.7 Å². The number of benzene rings is 1. The number of nitrogens with zero attached hydrogens (tertiary/aromatic N) is 7. The van der Waals surface area contributed by atoms with E-state index in [2.05, 4.69) is 37.1 Å². The van der Waals surface area contributed by atoms with E-state index in [1.54, 1.807) is 17.0 Å². The van der Waals surface area contributed by atoms with E-state index in [9.17, 15) is 14.4 Å². The number of carbonyl (C=O) groups is 1. The highest BCUT2D eigenvalue weighted by Crippen LogP contribution is 2.45. The summed E-state index contributed by atoms with van der Waals surface area (Å²) in [4.78, 5) is 23.9. The lowest BCUT2D eigenvalue weighted by atomic mass is 9.72. The lowest BCUT2D eigenvalue weighted by molar-refractivity contribution is -0.0453. The second-order valence-electron chi connectivity index (χ2n) is 12.4. The van der Waals surface area contributed by atoms with E-state index in [-0.39, 0.29) is 17.3 Å². The Morgan fingerprint density at radius 2 is 1.90 bits per heavy atom. The molecule has 9 nitrogen and oxygen atoms in total. The van der Waals surface area contributed by atoms with Crippen LogP contribution in [0.5, 0.6) is 0 Å². The monoisotopic (exact) mass is 587 g/mol. The molecule has 0 bridgehead atoms. The van der Waals surface area contributed by atoms with Crippen LogP contribution in [-0.4, -0.2) is 64.4 Å². The predicted molar refractivity (Wildman–Crippen MR) is 162 cm³/mol.